The van der Waals surface area contributed by atoms with Gasteiger partial charge in [-0.2, -0.15) is 15.5 Å². The molecule has 0 amide bonds. The highest BCUT2D eigenvalue weighted by Gasteiger charge is 2.02. The van der Waals surface area contributed by atoms with Crippen LogP contribution in [-0.4, -0.2) is 10.2 Å². The molecule has 1 heterocycles. The fourth-order valence-electron chi connectivity index (χ4n) is 2.10. The Balaban J connectivity index is 1.85. The molecular formula is C16H12N4. The second kappa shape index (κ2) is 5.37. The molecule has 0 unspecified atom stereocenters. The Morgan fingerprint density at radius 2 is 2.00 bits per heavy atom. The lowest BCUT2D eigenvalue weighted by Gasteiger charge is -2.08. The molecule has 0 radical (unpaired) electrons. The molecule has 4 heteroatoms. The van der Waals surface area contributed by atoms with Crippen LogP contribution in [0.15, 0.2) is 54.7 Å². The van der Waals surface area contributed by atoms with Crippen molar-refractivity contribution in [2.75, 3.05) is 5.32 Å². The van der Waals surface area contributed by atoms with Crippen molar-refractivity contribution >= 4 is 16.6 Å². The standard InChI is InChI=1S/C16H12N4/c17-9-12-4-3-5-13(8-12)10-18-16-11-19-20-15-7-2-1-6-14(15)16/h1-8,11H,10H2,(H,18,20). The van der Waals surface area contributed by atoms with Crippen molar-refractivity contribution in [1.82, 2.24) is 10.2 Å². The van der Waals surface area contributed by atoms with Gasteiger partial charge >= 0.3 is 0 Å². The molecule has 0 saturated carbocycles. The van der Waals surface area contributed by atoms with Crippen LogP contribution in [0.4, 0.5) is 5.69 Å². The maximum absolute atomic E-state index is 8.90. The van der Waals surface area contributed by atoms with Crippen molar-refractivity contribution < 1.29 is 0 Å². The van der Waals surface area contributed by atoms with Gasteiger partial charge < -0.3 is 5.32 Å². The van der Waals surface area contributed by atoms with Crippen LogP contribution in [0.5, 0.6) is 0 Å². The van der Waals surface area contributed by atoms with Crippen molar-refractivity contribution in [3.63, 3.8) is 0 Å². The first kappa shape index (κ1) is 12.1. The van der Waals surface area contributed by atoms with E-state index >= 15 is 0 Å². The summed E-state index contributed by atoms with van der Waals surface area (Å²) < 4.78 is 0. The maximum atomic E-state index is 8.90. The predicted molar refractivity (Wildman–Crippen MR) is 78.0 cm³/mol. The van der Waals surface area contributed by atoms with Gasteiger partial charge in [0.1, 0.15) is 0 Å². The highest BCUT2D eigenvalue weighted by atomic mass is 15.1. The van der Waals surface area contributed by atoms with Crippen LogP contribution in [0.2, 0.25) is 0 Å². The molecule has 2 aromatic carbocycles. The van der Waals surface area contributed by atoms with E-state index in [1.807, 2.05) is 42.5 Å². The fraction of sp³-hybridized carbons (Fsp3) is 0.0625. The average molecular weight is 260 g/mol. The van der Waals surface area contributed by atoms with E-state index in [-0.39, 0.29) is 0 Å². The molecule has 0 bridgehead atoms. The normalized spacial score (nSPS) is 10.2. The number of nitrogens with zero attached hydrogens (tertiary/aromatic N) is 3. The van der Waals surface area contributed by atoms with Gasteiger partial charge in [0, 0.05) is 11.9 Å². The first-order chi connectivity index (χ1) is 9.86. The number of benzene rings is 2. The van der Waals surface area contributed by atoms with Crippen molar-refractivity contribution in [3.05, 3.63) is 65.9 Å². The second-order valence-electron chi connectivity index (χ2n) is 4.44. The molecule has 96 valence electrons. The minimum Gasteiger partial charge on any atom is -0.379 e. The average Bonchev–Trinajstić information content (AvgIpc) is 2.53. The van der Waals surface area contributed by atoms with Crippen molar-refractivity contribution in [3.8, 4) is 6.07 Å². The quantitative estimate of drug-likeness (QED) is 0.786. The van der Waals surface area contributed by atoms with E-state index in [0.29, 0.717) is 12.1 Å². The monoisotopic (exact) mass is 260 g/mol. The van der Waals surface area contributed by atoms with Crippen LogP contribution < -0.4 is 5.32 Å². The summed E-state index contributed by atoms with van der Waals surface area (Å²) in [6.07, 6.45) is 1.72. The van der Waals surface area contributed by atoms with E-state index in [2.05, 4.69) is 21.6 Å². The molecule has 1 aromatic heterocycles. The molecule has 0 atom stereocenters. The first-order valence-electron chi connectivity index (χ1n) is 6.30. The van der Waals surface area contributed by atoms with Gasteiger partial charge in [-0.1, -0.05) is 30.3 Å². The Labute approximate surface area is 116 Å². The van der Waals surface area contributed by atoms with Gasteiger partial charge in [-0.05, 0) is 23.8 Å². The summed E-state index contributed by atoms with van der Waals surface area (Å²) in [6, 6.07) is 17.6. The summed E-state index contributed by atoms with van der Waals surface area (Å²) in [5, 5.41) is 21.4. The highest BCUT2D eigenvalue weighted by Crippen LogP contribution is 2.20. The van der Waals surface area contributed by atoms with Gasteiger partial charge in [-0.25, -0.2) is 0 Å². The summed E-state index contributed by atoms with van der Waals surface area (Å²) in [4.78, 5) is 0. The molecule has 0 aliphatic rings. The zero-order valence-corrected chi connectivity index (χ0v) is 10.7. The van der Waals surface area contributed by atoms with Crippen LogP contribution in [0.3, 0.4) is 0 Å². The third-order valence-electron chi connectivity index (χ3n) is 3.09. The molecule has 1 N–H and O–H groups in total. The van der Waals surface area contributed by atoms with Gasteiger partial charge in [-0.15, -0.1) is 0 Å². The SMILES string of the molecule is N#Cc1cccc(CNc2cnnc3ccccc23)c1. The summed E-state index contributed by atoms with van der Waals surface area (Å²) in [7, 11) is 0. The van der Waals surface area contributed by atoms with Crippen LogP contribution in [0.1, 0.15) is 11.1 Å². The van der Waals surface area contributed by atoms with Crippen molar-refractivity contribution in [2.24, 2.45) is 0 Å². The number of anilines is 1. The fourth-order valence-corrected chi connectivity index (χ4v) is 2.10. The molecular weight excluding hydrogens is 248 g/mol. The largest absolute Gasteiger partial charge is 0.379 e. The Morgan fingerprint density at radius 3 is 2.90 bits per heavy atom. The van der Waals surface area contributed by atoms with E-state index < -0.39 is 0 Å². The minimum atomic E-state index is 0.644. The number of hydrogen-bond donors (Lipinski definition) is 1. The van der Waals surface area contributed by atoms with Gasteiger partial charge in [0.15, 0.2) is 0 Å². The third-order valence-corrected chi connectivity index (χ3v) is 3.09. The number of aromatic nitrogens is 2. The zero-order valence-electron chi connectivity index (χ0n) is 10.7. The number of hydrogen-bond acceptors (Lipinski definition) is 4. The molecule has 0 saturated heterocycles. The van der Waals surface area contributed by atoms with Crippen molar-refractivity contribution in [1.29, 1.82) is 5.26 Å². The smallest absolute Gasteiger partial charge is 0.0991 e. The van der Waals surface area contributed by atoms with Crippen molar-refractivity contribution in [2.45, 2.75) is 6.54 Å². The maximum Gasteiger partial charge on any atom is 0.0991 e. The van der Waals surface area contributed by atoms with Crippen LogP contribution in [0, 0.1) is 11.3 Å². The molecule has 0 fully saturated rings. The Hall–Kier alpha value is -2.93. The molecule has 0 aliphatic heterocycles. The predicted octanol–water partition coefficient (Wildman–Crippen LogP) is 3.11. The van der Waals surface area contributed by atoms with Gasteiger partial charge in [0.2, 0.25) is 0 Å². The molecule has 0 spiro atoms. The molecule has 3 rings (SSSR count). The Morgan fingerprint density at radius 1 is 1.10 bits per heavy atom. The summed E-state index contributed by atoms with van der Waals surface area (Å²) >= 11 is 0. The molecule has 0 aliphatic carbocycles. The lowest BCUT2D eigenvalue weighted by molar-refractivity contribution is 1.06. The minimum absolute atomic E-state index is 0.644. The van der Waals surface area contributed by atoms with Gasteiger partial charge in [0.05, 0.1) is 29.0 Å². The molecule has 4 nitrogen and oxygen atoms in total. The summed E-state index contributed by atoms with van der Waals surface area (Å²) in [5.41, 5.74) is 3.54. The first-order valence-corrected chi connectivity index (χ1v) is 6.30. The third kappa shape index (κ3) is 2.43. The van der Waals surface area contributed by atoms with Crippen LogP contribution in [0.25, 0.3) is 10.9 Å². The number of nitrogens with one attached hydrogen (secondary N) is 1. The Kier molecular flexibility index (Phi) is 3.25. The van der Waals surface area contributed by atoms with E-state index in [0.717, 1.165) is 22.2 Å². The summed E-state index contributed by atoms with van der Waals surface area (Å²) in [5.74, 6) is 0. The second-order valence-corrected chi connectivity index (χ2v) is 4.44. The van der Waals surface area contributed by atoms with Gasteiger partial charge in [-0.3, -0.25) is 0 Å². The van der Waals surface area contributed by atoms with E-state index in [4.69, 9.17) is 5.26 Å². The molecule has 3 aromatic rings. The Bertz CT molecular complexity index is 784. The zero-order chi connectivity index (χ0) is 13.8. The van der Waals surface area contributed by atoms with Crippen LogP contribution in [-0.2, 0) is 6.54 Å². The van der Waals surface area contributed by atoms with Gasteiger partial charge in [0.25, 0.3) is 0 Å². The van der Waals surface area contributed by atoms with E-state index in [1.165, 1.54) is 0 Å². The molecule has 20 heavy (non-hydrogen) atoms. The number of fused-ring (bicyclic) bond motifs is 1. The van der Waals surface area contributed by atoms with E-state index in [9.17, 15) is 0 Å². The lowest BCUT2D eigenvalue weighted by Crippen LogP contribution is -2.01. The topological polar surface area (TPSA) is 61.6 Å². The van der Waals surface area contributed by atoms with Crippen LogP contribution >= 0.6 is 0 Å². The van der Waals surface area contributed by atoms with E-state index in [1.54, 1.807) is 12.3 Å². The highest BCUT2D eigenvalue weighted by molar-refractivity contribution is 5.90. The summed E-state index contributed by atoms with van der Waals surface area (Å²) in [6.45, 7) is 0.644. The number of rotatable bonds is 3. The lowest BCUT2D eigenvalue weighted by atomic mass is 10.1. The number of nitriles is 1.